The van der Waals surface area contributed by atoms with Crippen molar-refractivity contribution in [3.63, 3.8) is 0 Å². The Morgan fingerprint density at radius 2 is 1.69 bits per heavy atom. The number of benzene rings is 2. The first-order valence-electron chi connectivity index (χ1n) is 9.68. The lowest BCUT2D eigenvalue weighted by Crippen LogP contribution is -2.10. The van der Waals surface area contributed by atoms with E-state index in [1.165, 1.54) is 26.5 Å². The molecule has 4 rings (SSSR count). The highest BCUT2D eigenvalue weighted by Gasteiger charge is 2.28. The fourth-order valence-corrected chi connectivity index (χ4v) is 3.74. The van der Waals surface area contributed by atoms with Gasteiger partial charge in [0, 0.05) is 29.8 Å². The minimum atomic E-state index is -1.10. The van der Waals surface area contributed by atoms with Crippen molar-refractivity contribution in [1.82, 2.24) is 9.55 Å². The van der Waals surface area contributed by atoms with E-state index in [-0.39, 0.29) is 22.2 Å². The molecule has 8 heteroatoms. The van der Waals surface area contributed by atoms with Crippen molar-refractivity contribution in [3.05, 3.63) is 87.8 Å². The molecular weight excluding hydrogens is 438 g/mol. The minimum absolute atomic E-state index is 0.0875. The molecule has 0 aliphatic heterocycles. The predicted molar refractivity (Wildman–Crippen MR) is 118 cm³/mol. The molecule has 32 heavy (non-hydrogen) atoms. The van der Waals surface area contributed by atoms with Crippen LogP contribution in [0.25, 0.3) is 10.9 Å². The molecule has 0 fully saturated rings. The number of halogens is 3. The Labute approximate surface area is 188 Å². The maximum absolute atomic E-state index is 15.0. The van der Waals surface area contributed by atoms with Gasteiger partial charge in [-0.25, -0.2) is 13.8 Å². The van der Waals surface area contributed by atoms with Crippen LogP contribution in [0.3, 0.4) is 0 Å². The molecule has 0 aliphatic rings. The lowest BCUT2D eigenvalue weighted by molar-refractivity contribution is 0.103. The van der Waals surface area contributed by atoms with Crippen molar-refractivity contribution in [2.75, 3.05) is 14.2 Å². The van der Waals surface area contributed by atoms with Gasteiger partial charge in [-0.3, -0.25) is 4.79 Å². The first-order chi connectivity index (χ1) is 15.3. The van der Waals surface area contributed by atoms with Gasteiger partial charge in [0.1, 0.15) is 10.7 Å². The highest BCUT2D eigenvalue weighted by Crippen LogP contribution is 2.34. The number of methoxy groups -OCH3 is 2. The molecule has 0 spiro atoms. The third-order valence-electron chi connectivity index (χ3n) is 5.25. The summed E-state index contributed by atoms with van der Waals surface area (Å²) < 4.78 is 41.7. The zero-order valence-electron chi connectivity index (χ0n) is 17.6. The zero-order chi connectivity index (χ0) is 23.0. The largest absolute Gasteiger partial charge is 0.494 e. The number of hydrogen-bond acceptors (Lipinski definition) is 4. The van der Waals surface area contributed by atoms with E-state index in [1.54, 1.807) is 10.8 Å². The van der Waals surface area contributed by atoms with Crippen molar-refractivity contribution in [3.8, 4) is 11.5 Å². The van der Waals surface area contributed by atoms with Crippen molar-refractivity contribution in [1.29, 1.82) is 0 Å². The maximum Gasteiger partial charge on any atom is 0.201 e. The quantitative estimate of drug-likeness (QED) is 0.281. The van der Waals surface area contributed by atoms with Crippen LogP contribution in [0.15, 0.2) is 48.8 Å². The Hall–Kier alpha value is -3.45. The van der Waals surface area contributed by atoms with Crippen LogP contribution in [0.1, 0.15) is 27.0 Å². The first kappa shape index (κ1) is 21.8. The molecule has 0 radical (unpaired) electrons. The lowest BCUT2D eigenvalue weighted by atomic mass is 10.0. The molecule has 2 heterocycles. The van der Waals surface area contributed by atoms with Crippen LogP contribution in [-0.2, 0) is 6.54 Å². The van der Waals surface area contributed by atoms with Crippen LogP contribution in [0.4, 0.5) is 8.78 Å². The van der Waals surface area contributed by atoms with Gasteiger partial charge in [0.05, 0.1) is 25.9 Å². The summed E-state index contributed by atoms with van der Waals surface area (Å²) in [5.74, 6) is -3.65. The van der Waals surface area contributed by atoms with Crippen LogP contribution in [0.2, 0.25) is 5.15 Å². The van der Waals surface area contributed by atoms with E-state index in [4.69, 9.17) is 21.1 Å². The highest BCUT2D eigenvalue weighted by molar-refractivity contribution is 6.30. The van der Waals surface area contributed by atoms with Crippen molar-refractivity contribution >= 4 is 28.3 Å². The molecule has 4 aromatic rings. The molecular formula is C24H19ClF2N2O3. The second kappa shape index (κ2) is 8.59. The van der Waals surface area contributed by atoms with Gasteiger partial charge in [-0.15, -0.1) is 0 Å². The first-order valence-corrected chi connectivity index (χ1v) is 10.1. The van der Waals surface area contributed by atoms with E-state index in [1.807, 2.05) is 31.2 Å². The molecule has 0 bridgehead atoms. The Balaban J connectivity index is 1.89. The number of fused-ring (bicyclic) bond motifs is 1. The SMILES string of the molecule is COc1cc(OC)c(F)c(C(=O)c2cn(Cc3ccc(C)cc3)c3cnc(Cl)cc23)c1F. The minimum Gasteiger partial charge on any atom is -0.494 e. The molecule has 5 nitrogen and oxygen atoms in total. The average molecular weight is 457 g/mol. The van der Waals surface area contributed by atoms with E-state index in [0.29, 0.717) is 17.4 Å². The monoisotopic (exact) mass is 456 g/mol. The van der Waals surface area contributed by atoms with Crippen molar-refractivity contribution in [2.45, 2.75) is 13.5 Å². The number of aromatic nitrogens is 2. The molecule has 2 aromatic heterocycles. The third-order valence-corrected chi connectivity index (χ3v) is 5.46. The number of nitrogens with zero attached hydrogens (tertiary/aromatic N) is 2. The van der Waals surface area contributed by atoms with Gasteiger partial charge in [-0.2, -0.15) is 0 Å². The molecule has 2 aromatic carbocycles. The summed E-state index contributed by atoms with van der Waals surface area (Å²) >= 11 is 6.07. The fraction of sp³-hybridized carbons (Fsp3) is 0.167. The van der Waals surface area contributed by atoms with Crippen molar-refractivity contribution in [2.24, 2.45) is 0 Å². The van der Waals surface area contributed by atoms with E-state index in [2.05, 4.69) is 4.98 Å². The number of rotatable bonds is 6. The van der Waals surface area contributed by atoms with Crippen LogP contribution in [-0.4, -0.2) is 29.6 Å². The van der Waals surface area contributed by atoms with Crippen LogP contribution < -0.4 is 9.47 Å². The van der Waals surface area contributed by atoms with Gasteiger partial charge in [0.2, 0.25) is 5.78 Å². The number of aryl methyl sites for hydroxylation is 1. The Morgan fingerprint density at radius 1 is 1.06 bits per heavy atom. The van der Waals surface area contributed by atoms with Crippen molar-refractivity contribution < 1.29 is 23.0 Å². The van der Waals surface area contributed by atoms with Gasteiger partial charge in [0.15, 0.2) is 23.1 Å². The summed E-state index contributed by atoms with van der Waals surface area (Å²) in [7, 11) is 2.45. The summed E-state index contributed by atoms with van der Waals surface area (Å²) in [5.41, 5.74) is 2.04. The van der Waals surface area contributed by atoms with Gasteiger partial charge in [-0.05, 0) is 18.6 Å². The molecule has 164 valence electrons. The molecule has 0 saturated carbocycles. The number of hydrogen-bond donors (Lipinski definition) is 0. The van der Waals surface area contributed by atoms with E-state index >= 15 is 0 Å². The predicted octanol–water partition coefficient (Wildman–Crippen LogP) is 5.57. The number of pyridine rings is 1. The molecule has 0 aliphatic carbocycles. The zero-order valence-corrected chi connectivity index (χ0v) is 18.3. The van der Waals surface area contributed by atoms with Gasteiger partial charge in [-0.1, -0.05) is 41.4 Å². The fourth-order valence-electron chi connectivity index (χ4n) is 3.58. The van der Waals surface area contributed by atoms with E-state index < -0.39 is 23.0 Å². The smallest absolute Gasteiger partial charge is 0.201 e. The van der Waals surface area contributed by atoms with Gasteiger partial charge in [0.25, 0.3) is 0 Å². The van der Waals surface area contributed by atoms with Gasteiger partial charge < -0.3 is 14.0 Å². The standard InChI is InChI=1S/C24H19ClF2N2O3/c1-13-4-6-14(7-5-13)11-29-12-16(15-8-20(25)28-10-17(15)29)24(30)21-22(26)18(31-2)9-19(32-3)23(21)27/h4-10,12H,11H2,1-3H3. The number of carbonyl (C=O) groups is 1. The number of ether oxygens (including phenoxy) is 2. The molecule has 0 N–H and O–H groups in total. The summed E-state index contributed by atoms with van der Waals surface area (Å²) in [5, 5.41) is 0.589. The summed E-state index contributed by atoms with van der Waals surface area (Å²) in [6, 6.07) is 10.5. The second-order valence-electron chi connectivity index (χ2n) is 7.29. The van der Waals surface area contributed by atoms with Crippen LogP contribution in [0.5, 0.6) is 11.5 Å². The maximum atomic E-state index is 15.0. The number of ketones is 1. The number of carbonyl (C=O) groups excluding carboxylic acids is 1. The van der Waals surface area contributed by atoms with Gasteiger partial charge >= 0.3 is 0 Å². The van der Waals surface area contributed by atoms with Crippen LogP contribution >= 0.6 is 11.6 Å². The molecule has 0 saturated heterocycles. The Kier molecular flexibility index (Phi) is 5.84. The summed E-state index contributed by atoms with van der Waals surface area (Å²) in [6.45, 7) is 2.42. The Morgan fingerprint density at radius 3 is 2.28 bits per heavy atom. The summed E-state index contributed by atoms with van der Waals surface area (Å²) in [4.78, 5) is 17.5. The lowest BCUT2D eigenvalue weighted by Gasteiger charge is -2.11. The molecule has 0 amide bonds. The molecule has 0 unspecified atom stereocenters. The third kappa shape index (κ3) is 3.80. The molecule has 0 atom stereocenters. The normalized spacial score (nSPS) is 11.1. The van der Waals surface area contributed by atoms with E-state index in [0.717, 1.165) is 17.2 Å². The Bertz CT molecular complexity index is 1310. The average Bonchev–Trinajstić information content (AvgIpc) is 3.13. The topological polar surface area (TPSA) is 53.4 Å². The van der Waals surface area contributed by atoms with Crippen LogP contribution in [0, 0.1) is 18.6 Å². The summed E-state index contributed by atoms with van der Waals surface area (Å²) in [6.07, 6.45) is 3.08. The van der Waals surface area contributed by atoms with E-state index in [9.17, 15) is 13.6 Å². The highest BCUT2D eigenvalue weighted by atomic mass is 35.5. The second-order valence-corrected chi connectivity index (χ2v) is 7.68.